The molecule has 1 amide bonds. The molecule has 2 heterocycles. The van der Waals surface area contributed by atoms with Gasteiger partial charge in [0.15, 0.2) is 0 Å². The summed E-state index contributed by atoms with van der Waals surface area (Å²) in [6.07, 6.45) is 3.65. The molecule has 6 nitrogen and oxygen atoms in total. The van der Waals surface area contributed by atoms with Crippen molar-refractivity contribution in [3.63, 3.8) is 0 Å². The number of amides is 1. The minimum Gasteiger partial charge on any atom is -0.351 e. The van der Waals surface area contributed by atoms with E-state index in [1.54, 1.807) is 10.9 Å². The highest BCUT2D eigenvalue weighted by Gasteiger charge is 2.06. The topological polar surface area (TPSA) is 72.7 Å². The lowest BCUT2D eigenvalue weighted by Crippen LogP contribution is -2.24. The molecule has 29 heavy (non-hydrogen) atoms. The molecular weight excluding hydrogens is 382 g/mol. The lowest BCUT2D eigenvalue weighted by atomic mass is 10.1. The summed E-state index contributed by atoms with van der Waals surface area (Å²) in [6.45, 7) is 0.527. The number of nitrogens with zero attached hydrogens (tertiary/aromatic N) is 4. The molecule has 1 N–H and O–H groups in total. The lowest BCUT2D eigenvalue weighted by Gasteiger charge is -2.06. The normalized spacial score (nSPS) is 10.6. The molecule has 0 saturated carbocycles. The molecule has 7 heteroatoms. The van der Waals surface area contributed by atoms with E-state index in [-0.39, 0.29) is 5.91 Å². The van der Waals surface area contributed by atoms with Gasteiger partial charge >= 0.3 is 0 Å². The Balaban J connectivity index is 1.30. The van der Waals surface area contributed by atoms with E-state index in [1.165, 1.54) is 11.8 Å². The van der Waals surface area contributed by atoms with Crippen LogP contribution in [0, 0.1) is 0 Å². The highest BCUT2D eigenvalue weighted by atomic mass is 32.2. The summed E-state index contributed by atoms with van der Waals surface area (Å²) in [4.78, 5) is 12.0. The van der Waals surface area contributed by atoms with Gasteiger partial charge in [-0.2, -0.15) is 5.10 Å². The van der Waals surface area contributed by atoms with E-state index < -0.39 is 0 Å². The molecule has 0 fully saturated rings. The third-order valence-electron chi connectivity index (χ3n) is 4.26. The first-order valence-corrected chi connectivity index (χ1v) is 10.1. The number of carbonyl (C=O) groups excluding carboxylic acids is 1. The van der Waals surface area contributed by atoms with Crippen molar-refractivity contribution >= 4 is 17.7 Å². The van der Waals surface area contributed by atoms with Crippen LogP contribution in [0.25, 0.3) is 16.9 Å². The van der Waals surface area contributed by atoms with Gasteiger partial charge in [0, 0.05) is 24.5 Å². The van der Waals surface area contributed by atoms with Crippen LogP contribution in [0.15, 0.2) is 90.2 Å². The highest BCUT2D eigenvalue weighted by molar-refractivity contribution is 7.99. The van der Waals surface area contributed by atoms with Gasteiger partial charge in [0.1, 0.15) is 5.03 Å². The maximum Gasteiger partial charge on any atom is 0.230 e. The maximum atomic E-state index is 12.0. The number of hydrogen-bond acceptors (Lipinski definition) is 5. The Hall–Kier alpha value is -3.45. The number of rotatable bonds is 7. The molecule has 0 aliphatic heterocycles. The maximum absolute atomic E-state index is 12.0. The van der Waals surface area contributed by atoms with Gasteiger partial charge in [0.05, 0.1) is 17.1 Å². The van der Waals surface area contributed by atoms with Crippen LogP contribution < -0.4 is 5.32 Å². The minimum absolute atomic E-state index is 0.0288. The standard InChI is InChI=1S/C22H19N5OS/c28-21(23-15-17-5-2-1-3-6-17)16-29-22-12-11-20(25-26-22)18-7-9-19(10-8-18)27-14-4-13-24-27/h1-14H,15-16H2,(H,23,28). The molecule has 0 saturated heterocycles. The Labute approximate surface area is 173 Å². The second-order valence-corrected chi connectivity index (χ2v) is 7.30. The zero-order chi connectivity index (χ0) is 19.9. The number of aromatic nitrogens is 4. The third-order valence-corrected chi connectivity index (χ3v) is 5.18. The number of carbonyl (C=O) groups is 1. The summed E-state index contributed by atoms with van der Waals surface area (Å²) in [6, 6.07) is 23.5. The van der Waals surface area contributed by atoms with E-state index in [2.05, 4.69) is 20.6 Å². The third kappa shape index (κ3) is 5.08. The Morgan fingerprint density at radius 2 is 1.76 bits per heavy atom. The van der Waals surface area contributed by atoms with Crippen molar-refractivity contribution in [2.24, 2.45) is 0 Å². The zero-order valence-electron chi connectivity index (χ0n) is 15.6. The number of thioether (sulfide) groups is 1. The fraction of sp³-hybridized carbons (Fsp3) is 0.0909. The summed E-state index contributed by atoms with van der Waals surface area (Å²) >= 11 is 1.37. The van der Waals surface area contributed by atoms with Crippen molar-refractivity contribution in [2.75, 3.05) is 5.75 Å². The summed E-state index contributed by atoms with van der Waals surface area (Å²) in [5, 5.41) is 16.4. The van der Waals surface area contributed by atoms with Crippen molar-refractivity contribution < 1.29 is 4.79 Å². The zero-order valence-corrected chi connectivity index (χ0v) is 16.4. The molecule has 144 valence electrons. The SMILES string of the molecule is O=C(CSc1ccc(-c2ccc(-n3cccn3)cc2)nn1)NCc1ccccc1. The van der Waals surface area contributed by atoms with Crippen molar-refractivity contribution in [1.29, 1.82) is 0 Å². The predicted molar refractivity (Wildman–Crippen MR) is 114 cm³/mol. The predicted octanol–water partition coefficient (Wildman–Crippen LogP) is 3.74. The van der Waals surface area contributed by atoms with E-state index in [1.807, 2.05) is 79.0 Å². The van der Waals surface area contributed by atoms with Gasteiger partial charge in [-0.25, -0.2) is 4.68 Å². The Bertz CT molecular complexity index is 1050. The van der Waals surface area contributed by atoms with Crippen LogP contribution in [0.4, 0.5) is 0 Å². The first-order valence-electron chi connectivity index (χ1n) is 9.15. The van der Waals surface area contributed by atoms with E-state index in [4.69, 9.17) is 0 Å². The summed E-state index contributed by atoms with van der Waals surface area (Å²) in [7, 11) is 0. The minimum atomic E-state index is -0.0288. The van der Waals surface area contributed by atoms with E-state index in [0.29, 0.717) is 12.3 Å². The van der Waals surface area contributed by atoms with E-state index in [0.717, 1.165) is 27.5 Å². The van der Waals surface area contributed by atoms with Gasteiger partial charge in [0.2, 0.25) is 5.91 Å². The van der Waals surface area contributed by atoms with Crippen molar-refractivity contribution in [2.45, 2.75) is 11.6 Å². The quantitative estimate of drug-likeness (QED) is 0.478. The molecule has 0 unspecified atom stereocenters. The van der Waals surface area contributed by atoms with Gasteiger partial charge in [-0.1, -0.05) is 54.2 Å². The smallest absolute Gasteiger partial charge is 0.230 e. The molecule has 2 aromatic heterocycles. The Morgan fingerprint density at radius 3 is 2.45 bits per heavy atom. The molecule has 4 rings (SSSR count). The summed E-state index contributed by atoms with van der Waals surface area (Å²) < 4.78 is 1.80. The van der Waals surface area contributed by atoms with Gasteiger partial charge in [-0.15, -0.1) is 10.2 Å². The van der Waals surface area contributed by atoms with Crippen LogP contribution in [0.3, 0.4) is 0 Å². The highest BCUT2D eigenvalue weighted by Crippen LogP contribution is 2.21. The van der Waals surface area contributed by atoms with Crippen LogP contribution in [0.1, 0.15) is 5.56 Å². The average Bonchev–Trinajstić information content (AvgIpc) is 3.32. The number of hydrogen-bond donors (Lipinski definition) is 1. The van der Waals surface area contributed by atoms with Gasteiger partial charge < -0.3 is 5.32 Å². The van der Waals surface area contributed by atoms with Gasteiger partial charge in [0.25, 0.3) is 0 Å². The molecule has 0 spiro atoms. The lowest BCUT2D eigenvalue weighted by molar-refractivity contribution is -0.118. The van der Waals surface area contributed by atoms with Crippen molar-refractivity contribution in [3.8, 4) is 16.9 Å². The van der Waals surface area contributed by atoms with Crippen LogP contribution in [-0.4, -0.2) is 31.6 Å². The largest absolute Gasteiger partial charge is 0.351 e. The Morgan fingerprint density at radius 1 is 0.931 bits per heavy atom. The molecule has 0 bridgehead atoms. The second-order valence-electron chi connectivity index (χ2n) is 6.31. The first-order chi connectivity index (χ1) is 14.3. The van der Waals surface area contributed by atoms with Crippen molar-refractivity contribution in [1.82, 2.24) is 25.3 Å². The monoisotopic (exact) mass is 401 g/mol. The first kappa shape index (κ1) is 18.9. The van der Waals surface area contributed by atoms with Crippen LogP contribution in [0.2, 0.25) is 0 Å². The van der Waals surface area contributed by atoms with Crippen LogP contribution in [-0.2, 0) is 11.3 Å². The summed E-state index contributed by atoms with van der Waals surface area (Å²) in [5.41, 5.74) is 3.83. The molecule has 0 aliphatic rings. The van der Waals surface area contributed by atoms with Crippen LogP contribution in [0.5, 0.6) is 0 Å². The molecule has 0 aliphatic carbocycles. The van der Waals surface area contributed by atoms with Gasteiger partial charge in [-0.3, -0.25) is 4.79 Å². The fourth-order valence-electron chi connectivity index (χ4n) is 2.74. The Kier molecular flexibility index (Phi) is 5.97. The number of benzene rings is 2. The molecule has 2 aromatic carbocycles. The fourth-order valence-corrected chi connectivity index (χ4v) is 3.39. The second kappa shape index (κ2) is 9.16. The summed E-state index contributed by atoms with van der Waals surface area (Å²) in [5.74, 6) is 0.276. The van der Waals surface area contributed by atoms with Gasteiger partial charge in [-0.05, 0) is 35.9 Å². The molecule has 0 radical (unpaired) electrons. The number of nitrogens with one attached hydrogen (secondary N) is 1. The molecular formula is C22H19N5OS. The van der Waals surface area contributed by atoms with E-state index in [9.17, 15) is 4.79 Å². The van der Waals surface area contributed by atoms with Crippen molar-refractivity contribution in [3.05, 3.63) is 90.8 Å². The van der Waals surface area contributed by atoms with E-state index >= 15 is 0 Å². The molecule has 4 aromatic rings. The average molecular weight is 401 g/mol. The van der Waals surface area contributed by atoms with Crippen LogP contribution >= 0.6 is 11.8 Å². The molecule has 0 atom stereocenters.